The highest BCUT2D eigenvalue weighted by Gasteiger charge is 1.98. The van der Waals surface area contributed by atoms with Crippen LogP contribution < -0.4 is 0 Å². The van der Waals surface area contributed by atoms with Gasteiger partial charge in [-0.3, -0.25) is 0 Å². The topological polar surface area (TPSA) is 20.2 Å². The normalized spacial score (nSPS) is 9.30. The van der Waals surface area contributed by atoms with E-state index in [4.69, 9.17) is 0 Å². The molecule has 0 atom stereocenters. The predicted molar refractivity (Wildman–Crippen MR) is 45.9 cm³/mol. The average molecular weight is 199 g/mol. The van der Waals surface area contributed by atoms with Gasteiger partial charge in [-0.15, -0.1) is 0 Å². The van der Waals surface area contributed by atoms with Crippen LogP contribution in [0.25, 0.3) is 6.08 Å². The summed E-state index contributed by atoms with van der Waals surface area (Å²) >= 11 is 3.19. The molecular weight excluding hydrogens is 192 g/mol. The fraction of sp³-hybridized carbons (Fsp3) is 0. The summed E-state index contributed by atoms with van der Waals surface area (Å²) in [5.41, 5.74) is 0.745. The van der Waals surface area contributed by atoms with Crippen LogP contribution in [0.2, 0.25) is 0 Å². The second-order valence-corrected chi connectivity index (χ2v) is 2.74. The molecule has 0 aliphatic rings. The molecule has 1 nitrogen and oxygen atoms in total. The lowest BCUT2D eigenvalue weighted by Gasteiger charge is -1.98. The van der Waals surface area contributed by atoms with Crippen molar-refractivity contribution in [2.45, 2.75) is 0 Å². The lowest BCUT2D eigenvalue weighted by molar-refractivity contribution is 0.470. The molecular formula is C8H7BrO. The van der Waals surface area contributed by atoms with Gasteiger partial charge in [0.2, 0.25) is 0 Å². The van der Waals surface area contributed by atoms with E-state index in [1.165, 1.54) is 0 Å². The minimum atomic E-state index is 0.248. The molecule has 0 aliphatic heterocycles. The first-order valence-corrected chi connectivity index (χ1v) is 3.65. The number of hydrogen-bond donors (Lipinski definition) is 1. The van der Waals surface area contributed by atoms with Gasteiger partial charge in [-0.1, -0.05) is 24.8 Å². The smallest absolute Gasteiger partial charge is 0.136 e. The molecule has 0 aliphatic carbocycles. The average Bonchev–Trinajstić information content (AvgIpc) is 1.95. The molecule has 0 spiro atoms. The first kappa shape index (κ1) is 7.35. The van der Waals surface area contributed by atoms with Crippen LogP contribution in [0.5, 0.6) is 5.75 Å². The summed E-state index contributed by atoms with van der Waals surface area (Å²) in [6.45, 7) is 3.55. The van der Waals surface area contributed by atoms with Crippen LogP contribution in [0.15, 0.2) is 29.3 Å². The number of phenols is 1. The van der Waals surface area contributed by atoms with Crippen molar-refractivity contribution in [3.63, 3.8) is 0 Å². The van der Waals surface area contributed by atoms with Gasteiger partial charge in [0.25, 0.3) is 0 Å². The van der Waals surface area contributed by atoms with E-state index in [2.05, 4.69) is 22.5 Å². The Morgan fingerprint density at radius 1 is 1.50 bits per heavy atom. The van der Waals surface area contributed by atoms with Gasteiger partial charge in [0.15, 0.2) is 0 Å². The minimum Gasteiger partial charge on any atom is -0.506 e. The molecule has 0 unspecified atom stereocenters. The van der Waals surface area contributed by atoms with Crippen molar-refractivity contribution in [3.8, 4) is 5.75 Å². The van der Waals surface area contributed by atoms with Gasteiger partial charge >= 0.3 is 0 Å². The largest absolute Gasteiger partial charge is 0.506 e. The van der Waals surface area contributed by atoms with E-state index >= 15 is 0 Å². The third-order valence-corrected chi connectivity index (χ3v) is 1.88. The van der Waals surface area contributed by atoms with E-state index in [1.807, 2.05) is 6.07 Å². The Balaban J connectivity index is 3.27. The van der Waals surface area contributed by atoms with E-state index in [9.17, 15) is 5.11 Å². The van der Waals surface area contributed by atoms with Crippen molar-refractivity contribution in [3.05, 3.63) is 34.8 Å². The van der Waals surface area contributed by atoms with Crippen LogP contribution in [0.1, 0.15) is 5.56 Å². The number of hydrogen-bond acceptors (Lipinski definition) is 1. The van der Waals surface area contributed by atoms with Crippen LogP contribution >= 0.6 is 15.9 Å². The number of rotatable bonds is 1. The Kier molecular flexibility index (Phi) is 2.12. The summed E-state index contributed by atoms with van der Waals surface area (Å²) in [7, 11) is 0. The van der Waals surface area contributed by atoms with Crippen molar-refractivity contribution in [1.29, 1.82) is 0 Å². The summed E-state index contributed by atoms with van der Waals surface area (Å²) in [5.74, 6) is 0.248. The molecule has 0 saturated carbocycles. The van der Waals surface area contributed by atoms with Crippen molar-refractivity contribution in [1.82, 2.24) is 0 Å². The lowest BCUT2D eigenvalue weighted by Crippen LogP contribution is -1.73. The van der Waals surface area contributed by atoms with Crippen LogP contribution in [0.3, 0.4) is 0 Å². The highest BCUT2D eigenvalue weighted by atomic mass is 79.9. The maximum atomic E-state index is 9.28. The Morgan fingerprint density at radius 3 is 2.70 bits per heavy atom. The van der Waals surface area contributed by atoms with Crippen LogP contribution in [0.4, 0.5) is 0 Å². The van der Waals surface area contributed by atoms with E-state index in [1.54, 1.807) is 18.2 Å². The van der Waals surface area contributed by atoms with Crippen molar-refractivity contribution in [2.75, 3.05) is 0 Å². The Bertz CT molecular complexity index is 255. The summed E-state index contributed by atoms with van der Waals surface area (Å²) in [6, 6.07) is 5.43. The van der Waals surface area contributed by atoms with Crippen LogP contribution in [-0.2, 0) is 0 Å². The first-order chi connectivity index (χ1) is 4.75. The van der Waals surface area contributed by atoms with Crippen molar-refractivity contribution >= 4 is 22.0 Å². The SMILES string of the molecule is C=Cc1cccc(Br)c1O. The van der Waals surface area contributed by atoms with Gasteiger partial charge in [-0.2, -0.15) is 0 Å². The summed E-state index contributed by atoms with van der Waals surface area (Å²) in [6.07, 6.45) is 1.61. The van der Waals surface area contributed by atoms with Gasteiger partial charge in [-0.05, 0) is 22.0 Å². The van der Waals surface area contributed by atoms with E-state index < -0.39 is 0 Å². The monoisotopic (exact) mass is 198 g/mol. The van der Waals surface area contributed by atoms with Crippen molar-refractivity contribution in [2.24, 2.45) is 0 Å². The predicted octanol–water partition coefficient (Wildman–Crippen LogP) is 2.80. The maximum Gasteiger partial charge on any atom is 0.136 e. The lowest BCUT2D eigenvalue weighted by atomic mass is 10.2. The third kappa shape index (κ3) is 1.21. The van der Waals surface area contributed by atoms with Crippen LogP contribution in [0, 0.1) is 0 Å². The molecule has 0 aromatic heterocycles. The number of para-hydroxylation sites is 1. The first-order valence-electron chi connectivity index (χ1n) is 2.85. The molecule has 1 N–H and O–H groups in total. The molecule has 0 radical (unpaired) electrons. The molecule has 0 heterocycles. The molecule has 2 heteroatoms. The van der Waals surface area contributed by atoms with E-state index in [0.29, 0.717) is 4.47 Å². The Morgan fingerprint density at radius 2 is 2.20 bits per heavy atom. The highest BCUT2D eigenvalue weighted by Crippen LogP contribution is 2.27. The van der Waals surface area contributed by atoms with Crippen LogP contribution in [-0.4, -0.2) is 5.11 Å². The second kappa shape index (κ2) is 2.88. The zero-order chi connectivity index (χ0) is 7.56. The van der Waals surface area contributed by atoms with Crippen molar-refractivity contribution < 1.29 is 5.11 Å². The number of halogens is 1. The summed E-state index contributed by atoms with van der Waals surface area (Å²) in [4.78, 5) is 0. The second-order valence-electron chi connectivity index (χ2n) is 1.88. The number of benzene rings is 1. The molecule has 10 heavy (non-hydrogen) atoms. The van der Waals surface area contributed by atoms with Gasteiger partial charge in [0, 0.05) is 5.56 Å². The molecule has 1 aromatic rings. The number of aromatic hydroxyl groups is 1. The molecule has 0 saturated heterocycles. The van der Waals surface area contributed by atoms with Gasteiger partial charge in [0.05, 0.1) is 4.47 Å². The molecule has 0 bridgehead atoms. The molecule has 1 aromatic carbocycles. The molecule has 52 valence electrons. The molecule has 0 fully saturated rings. The van der Waals surface area contributed by atoms with E-state index in [-0.39, 0.29) is 5.75 Å². The molecule has 0 amide bonds. The Hall–Kier alpha value is -0.760. The van der Waals surface area contributed by atoms with Gasteiger partial charge in [-0.25, -0.2) is 0 Å². The van der Waals surface area contributed by atoms with Gasteiger partial charge in [0.1, 0.15) is 5.75 Å². The summed E-state index contributed by atoms with van der Waals surface area (Å²) in [5, 5.41) is 9.28. The van der Waals surface area contributed by atoms with E-state index in [0.717, 1.165) is 5.56 Å². The maximum absolute atomic E-state index is 9.28. The standard InChI is InChI=1S/C8H7BrO/c1-2-6-4-3-5-7(9)8(6)10/h2-5,10H,1H2. The zero-order valence-electron chi connectivity index (χ0n) is 5.34. The fourth-order valence-electron chi connectivity index (χ4n) is 0.697. The Labute approximate surface area is 68.1 Å². The van der Waals surface area contributed by atoms with Gasteiger partial charge < -0.3 is 5.11 Å². The minimum absolute atomic E-state index is 0.248. The fourth-order valence-corrected chi connectivity index (χ4v) is 1.08. The highest BCUT2D eigenvalue weighted by molar-refractivity contribution is 9.10. The zero-order valence-corrected chi connectivity index (χ0v) is 6.93. The summed E-state index contributed by atoms with van der Waals surface area (Å²) < 4.78 is 0.699. The third-order valence-electron chi connectivity index (χ3n) is 1.24. The number of phenolic OH excluding ortho intramolecular Hbond substituents is 1. The molecule has 1 rings (SSSR count). The quantitative estimate of drug-likeness (QED) is 0.737.